The number of hydrogen-bond donors (Lipinski definition) is 0. The van der Waals surface area contributed by atoms with E-state index in [9.17, 15) is 0 Å². The van der Waals surface area contributed by atoms with Gasteiger partial charge in [0.05, 0.1) is 22.3 Å². The summed E-state index contributed by atoms with van der Waals surface area (Å²) in [5.41, 5.74) is 0. The summed E-state index contributed by atoms with van der Waals surface area (Å²) in [4.78, 5) is -2.17. The second-order valence-electron chi connectivity index (χ2n) is 6.31. The van der Waals surface area contributed by atoms with Crippen molar-refractivity contribution < 1.29 is 4.74 Å². The summed E-state index contributed by atoms with van der Waals surface area (Å²) in [6.45, 7) is 0. The van der Waals surface area contributed by atoms with Gasteiger partial charge in [0.2, 0.25) is 0 Å². The third-order valence-electron chi connectivity index (χ3n) is 5.92. The molecule has 1 heterocycles. The molecule has 0 N–H and O–H groups in total. The second-order valence-corrected chi connectivity index (χ2v) is 9.58. The van der Waals surface area contributed by atoms with Crippen LogP contribution in [0.15, 0.2) is 10.1 Å². The van der Waals surface area contributed by atoms with E-state index in [0.29, 0.717) is 21.9 Å². The van der Waals surface area contributed by atoms with Crippen molar-refractivity contribution in [1.29, 1.82) is 0 Å². The Morgan fingerprint density at radius 2 is 1.26 bits per heavy atom. The van der Waals surface area contributed by atoms with Gasteiger partial charge in [-0.15, -0.1) is 23.2 Å². The average molecular weight is 381 g/mol. The van der Waals surface area contributed by atoms with Crippen molar-refractivity contribution in [2.45, 2.75) is 32.7 Å². The minimum atomic E-state index is -1.37. The van der Waals surface area contributed by atoms with Gasteiger partial charge in [0.1, 0.15) is 9.75 Å². The van der Waals surface area contributed by atoms with Crippen molar-refractivity contribution in [1.82, 2.24) is 0 Å². The van der Waals surface area contributed by atoms with Gasteiger partial charge in [-0.25, -0.2) is 0 Å². The molecular weight excluding hydrogens is 373 g/mol. The molecule has 0 radical (unpaired) electrons. The standard InChI is InChI=1S/C12H8Cl6O/c13-8-9(14)11(16)5-3-1-2(6-7(3)19-6)4(5)10(8,15)12(11,17)18/h2-7H,1H2/t2?,3?,4-,5+,6+,7-,10-,11+. The van der Waals surface area contributed by atoms with Crippen LogP contribution in [-0.2, 0) is 4.74 Å². The molecule has 1 nitrogen and oxygen atoms in total. The van der Waals surface area contributed by atoms with E-state index in [1.807, 2.05) is 0 Å². The molecule has 0 aromatic heterocycles. The molecule has 1 aliphatic heterocycles. The quantitative estimate of drug-likeness (QED) is 0.343. The number of allylic oxidation sites excluding steroid dienone is 2. The van der Waals surface area contributed by atoms with Crippen molar-refractivity contribution in [3.05, 3.63) is 10.1 Å². The highest BCUT2D eigenvalue weighted by atomic mass is 35.5. The molecule has 7 heteroatoms. The Hall–Kier alpha value is 1.44. The predicted octanol–water partition coefficient (Wildman–Crippen LogP) is 4.48. The molecule has 5 rings (SSSR count). The third kappa shape index (κ3) is 0.986. The average Bonchev–Trinajstić information content (AvgIpc) is 2.91. The molecule has 4 bridgehead atoms. The number of halogens is 6. The zero-order valence-corrected chi connectivity index (χ0v) is 13.9. The van der Waals surface area contributed by atoms with Crippen LogP contribution < -0.4 is 0 Å². The van der Waals surface area contributed by atoms with E-state index in [0.717, 1.165) is 6.42 Å². The maximum Gasteiger partial charge on any atom is 0.166 e. The largest absolute Gasteiger partial charge is 0.369 e. The molecule has 19 heavy (non-hydrogen) atoms. The molecule has 2 unspecified atom stereocenters. The maximum atomic E-state index is 6.82. The Morgan fingerprint density at radius 1 is 0.842 bits per heavy atom. The van der Waals surface area contributed by atoms with E-state index in [4.69, 9.17) is 74.3 Å². The molecule has 0 amide bonds. The first-order chi connectivity index (χ1) is 8.78. The highest BCUT2D eigenvalue weighted by molar-refractivity contribution is 6.65. The molecule has 3 saturated carbocycles. The Bertz CT molecular complexity index is 516. The van der Waals surface area contributed by atoms with Gasteiger partial charge in [-0.3, -0.25) is 0 Å². The molecule has 8 atom stereocenters. The fourth-order valence-corrected chi connectivity index (χ4v) is 8.43. The number of hydrogen-bond acceptors (Lipinski definition) is 1. The molecule has 0 aromatic rings. The molecule has 5 aliphatic rings. The molecular formula is C12H8Cl6O. The first kappa shape index (κ1) is 12.9. The monoisotopic (exact) mass is 378 g/mol. The van der Waals surface area contributed by atoms with Crippen molar-refractivity contribution in [3.63, 3.8) is 0 Å². The van der Waals surface area contributed by atoms with Crippen molar-refractivity contribution >= 4 is 69.6 Å². The zero-order valence-electron chi connectivity index (χ0n) is 9.35. The first-order valence-electron chi connectivity index (χ1n) is 6.25. The van der Waals surface area contributed by atoms with Gasteiger partial charge in [0, 0.05) is 0 Å². The molecule has 104 valence electrons. The lowest BCUT2D eigenvalue weighted by Crippen LogP contribution is -2.46. The Balaban J connectivity index is 1.80. The van der Waals surface area contributed by atoms with Gasteiger partial charge in [0.15, 0.2) is 4.33 Å². The summed E-state index contributed by atoms with van der Waals surface area (Å²) in [6, 6.07) is 0. The number of ether oxygens (including phenoxy) is 1. The zero-order chi connectivity index (χ0) is 13.5. The van der Waals surface area contributed by atoms with Crippen molar-refractivity contribution in [2.24, 2.45) is 23.7 Å². The summed E-state index contributed by atoms with van der Waals surface area (Å²) in [6.07, 6.45) is 1.63. The number of epoxide rings is 1. The number of rotatable bonds is 0. The fourth-order valence-electron chi connectivity index (χ4n) is 5.30. The summed E-state index contributed by atoms with van der Waals surface area (Å²) in [7, 11) is 0. The van der Waals surface area contributed by atoms with Gasteiger partial charge in [-0.2, -0.15) is 0 Å². The summed E-state index contributed by atoms with van der Waals surface area (Å²) in [5, 5.41) is 0.642. The first-order valence-corrected chi connectivity index (χ1v) is 8.52. The van der Waals surface area contributed by atoms with Crippen LogP contribution in [0.25, 0.3) is 0 Å². The maximum absolute atomic E-state index is 6.82. The van der Waals surface area contributed by atoms with Crippen LogP contribution in [0.3, 0.4) is 0 Å². The molecule has 0 aromatic carbocycles. The fraction of sp³-hybridized carbons (Fsp3) is 0.833. The summed E-state index contributed by atoms with van der Waals surface area (Å²) >= 11 is 39.5. The van der Waals surface area contributed by atoms with Gasteiger partial charge in [-0.05, 0) is 30.1 Å². The molecule has 4 fully saturated rings. The van der Waals surface area contributed by atoms with Crippen molar-refractivity contribution in [2.75, 3.05) is 0 Å². The molecule has 4 aliphatic carbocycles. The SMILES string of the molecule is ClC1=C(Cl)[C@]2(Cl)[C@@H]3C4CC([C@H]5O[C@@H]45)[C@@H]3[C@@]1(Cl)C2(Cl)Cl. The van der Waals surface area contributed by atoms with Crippen LogP contribution in [0.2, 0.25) is 0 Å². The van der Waals surface area contributed by atoms with Crippen LogP contribution in [0.5, 0.6) is 0 Å². The van der Waals surface area contributed by atoms with E-state index in [2.05, 4.69) is 0 Å². The third-order valence-corrected chi connectivity index (χ3v) is 10.2. The lowest BCUT2D eigenvalue weighted by atomic mass is 9.73. The van der Waals surface area contributed by atoms with Crippen LogP contribution in [-0.4, -0.2) is 26.3 Å². The number of fused-ring (bicyclic) bond motifs is 12. The van der Waals surface area contributed by atoms with E-state index in [1.54, 1.807) is 0 Å². The Morgan fingerprint density at radius 3 is 1.68 bits per heavy atom. The van der Waals surface area contributed by atoms with Crippen molar-refractivity contribution in [3.8, 4) is 0 Å². The van der Waals surface area contributed by atoms with Crippen LogP contribution in [0.1, 0.15) is 6.42 Å². The predicted molar refractivity (Wildman–Crippen MR) is 77.6 cm³/mol. The van der Waals surface area contributed by atoms with Gasteiger partial charge >= 0.3 is 0 Å². The van der Waals surface area contributed by atoms with E-state index < -0.39 is 14.1 Å². The number of alkyl halides is 4. The Kier molecular flexibility index (Phi) is 2.18. The lowest BCUT2D eigenvalue weighted by Gasteiger charge is -2.38. The molecule has 0 spiro atoms. The Labute approximate surface area is 140 Å². The van der Waals surface area contributed by atoms with Gasteiger partial charge in [-0.1, -0.05) is 46.4 Å². The summed E-state index contributed by atoms with van der Waals surface area (Å²) in [5.74, 6) is 0.776. The minimum absolute atomic E-state index is 0.0467. The van der Waals surface area contributed by atoms with E-state index in [1.165, 1.54) is 0 Å². The van der Waals surface area contributed by atoms with Gasteiger partial charge in [0.25, 0.3) is 0 Å². The van der Waals surface area contributed by atoms with Crippen LogP contribution in [0.4, 0.5) is 0 Å². The minimum Gasteiger partial charge on any atom is -0.369 e. The smallest absolute Gasteiger partial charge is 0.166 e. The van der Waals surface area contributed by atoms with E-state index in [-0.39, 0.29) is 24.0 Å². The molecule has 1 saturated heterocycles. The topological polar surface area (TPSA) is 12.5 Å². The van der Waals surface area contributed by atoms with E-state index >= 15 is 0 Å². The highest BCUT2D eigenvalue weighted by Gasteiger charge is 2.89. The second kappa shape index (κ2) is 3.20. The van der Waals surface area contributed by atoms with Crippen LogP contribution >= 0.6 is 69.6 Å². The highest BCUT2D eigenvalue weighted by Crippen LogP contribution is 2.84. The normalized spacial score (nSPS) is 66.6. The van der Waals surface area contributed by atoms with Gasteiger partial charge < -0.3 is 4.74 Å². The van der Waals surface area contributed by atoms with Crippen LogP contribution in [0, 0.1) is 23.7 Å². The lowest BCUT2D eigenvalue weighted by molar-refractivity contribution is 0.237. The summed E-state index contributed by atoms with van der Waals surface area (Å²) < 4.78 is 4.35.